The lowest BCUT2D eigenvalue weighted by Gasteiger charge is -2.15. The fourth-order valence-electron chi connectivity index (χ4n) is 0.814. The first-order valence-corrected chi connectivity index (χ1v) is 7.42. The lowest BCUT2D eigenvalue weighted by Crippen LogP contribution is -2.10. The van der Waals surface area contributed by atoms with Crippen LogP contribution in [0.1, 0.15) is 13.8 Å². The van der Waals surface area contributed by atoms with Crippen LogP contribution in [0.15, 0.2) is 0 Å². The molecule has 0 fully saturated rings. The molecular formula is C6H15O7PS. The predicted octanol–water partition coefficient (Wildman–Crippen LogP) is 1.07. The predicted molar refractivity (Wildman–Crippen MR) is 53.2 cm³/mol. The molecule has 0 saturated carbocycles. The molecule has 0 spiro atoms. The molecule has 0 bridgehead atoms. The summed E-state index contributed by atoms with van der Waals surface area (Å²) in [6.45, 7) is 3.19. The minimum Gasteiger partial charge on any atom is -0.309 e. The van der Waals surface area contributed by atoms with Crippen molar-refractivity contribution in [3.8, 4) is 0 Å². The summed E-state index contributed by atoms with van der Waals surface area (Å²) in [7, 11) is -7.81. The second kappa shape index (κ2) is 6.57. The van der Waals surface area contributed by atoms with Crippen LogP contribution >= 0.6 is 7.60 Å². The minimum atomic E-state index is -4.51. The third-order valence-electron chi connectivity index (χ3n) is 1.25. The summed E-state index contributed by atoms with van der Waals surface area (Å²) in [5, 5.41) is 0. The highest BCUT2D eigenvalue weighted by Crippen LogP contribution is 2.47. The second-order valence-corrected chi connectivity index (χ2v) is 5.70. The highest BCUT2D eigenvalue weighted by molar-refractivity contribution is 7.80. The van der Waals surface area contributed by atoms with Crippen molar-refractivity contribution in [1.82, 2.24) is 0 Å². The molecule has 0 aliphatic carbocycles. The van der Waals surface area contributed by atoms with E-state index in [-0.39, 0.29) is 19.4 Å². The monoisotopic (exact) mass is 262 g/mol. The van der Waals surface area contributed by atoms with Crippen molar-refractivity contribution in [2.75, 3.05) is 26.0 Å². The van der Waals surface area contributed by atoms with Crippen LogP contribution in [0.2, 0.25) is 0 Å². The van der Waals surface area contributed by atoms with E-state index in [0.717, 1.165) is 0 Å². The van der Waals surface area contributed by atoms with Gasteiger partial charge in [0.25, 0.3) is 0 Å². The van der Waals surface area contributed by atoms with E-state index in [2.05, 4.69) is 4.18 Å². The minimum absolute atomic E-state index is 0.184. The zero-order chi connectivity index (χ0) is 11.9. The average molecular weight is 262 g/mol. The summed E-state index contributed by atoms with van der Waals surface area (Å²) in [4.78, 5) is 0. The smallest absolute Gasteiger partial charge is 0.309 e. The number of rotatable bonds is 8. The Morgan fingerprint density at radius 1 is 1.20 bits per heavy atom. The van der Waals surface area contributed by atoms with Crippen LogP contribution in [-0.2, 0) is 28.2 Å². The van der Waals surface area contributed by atoms with E-state index >= 15 is 0 Å². The van der Waals surface area contributed by atoms with Gasteiger partial charge in [0.2, 0.25) is 0 Å². The van der Waals surface area contributed by atoms with Crippen molar-refractivity contribution >= 4 is 18.0 Å². The SMILES string of the molecule is CCOP(=O)(CCOS(=O)(=O)O)OCC. The van der Waals surface area contributed by atoms with Gasteiger partial charge in [0, 0.05) is 0 Å². The zero-order valence-corrected chi connectivity index (χ0v) is 10.3. The molecule has 0 aliphatic heterocycles. The molecule has 15 heavy (non-hydrogen) atoms. The maximum atomic E-state index is 11.7. The molecule has 0 rings (SSSR count). The Morgan fingerprint density at radius 3 is 2.00 bits per heavy atom. The Balaban J connectivity index is 4.13. The van der Waals surface area contributed by atoms with Crippen LogP contribution in [0.3, 0.4) is 0 Å². The zero-order valence-electron chi connectivity index (χ0n) is 8.58. The lowest BCUT2D eigenvalue weighted by atomic mass is 10.9. The lowest BCUT2D eigenvalue weighted by molar-refractivity contribution is 0.211. The van der Waals surface area contributed by atoms with Crippen LogP contribution in [0, 0.1) is 0 Å². The van der Waals surface area contributed by atoms with Gasteiger partial charge in [-0.2, -0.15) is 8.42 Å². The summed E-state index contributed by atoms with van der Waals surface area (Å²) < 4.78 is 54.1. The van der Waals surface area contributed by atoms with E-state index in [0.29, 0.717) is 0 Å². The average Bonchev–Trinajstić information content (AvgIpc) is 2.01. The van der Waals surface area contributed by atoms with Crippen molar-refractivity contribution in [2.45, 2.75) is 13.8 Å². The summed E-state index contributed by atoms with van der Waals surface area (Å²) >= 11 is 0. The van der Waals surface area contributed by atoms with Crippen molar-refractivity contribution < 1.29 is 30.8 Å². The fourth-order valence-corrected chi connectivity index (χ4v) is 2.67. The van der Waals surface area contributed by atoms with Gasteiger partial charge in [-0.1, -0.05) is 0 Å². The molecule has 0 saturated heterocycles. The van der Waals surface area contributed by atoms with Gasteiger partial charge >= 0.3 is 18.0 Å². The van der Waals surface area contributed by atoms with Gasteiger partial charge in [-0.15, -0.1) is 0 Å². The maximum absolute atomic E-state index is 11.7. The molecule has 0 heterocycles. The molecule has 1 N–H and O–H groups in total. The van der Waals surface area contributed by atoms with Crippen LogP contribution < -0.4 is 0 Å². The molecule has 0 radical (unpaired) electrons. The number of hydrogen-bond donors (Lipinski definition) is 1. The third-order valence-corrected chi connectivity index (χ3v) is 3.75. The highest BCUT2D eigenvalue weighted by Gasteiger charge is 2.24. The highest BCUT2D eigenvalue weighted by atomic mass is 32.3. The standard InChI is InChI=1S/C6H15O7PS/c1-3-11-14(7,12-4-2)6-5-13-15(8,9)10/h3-6H2,1-2H3,(H,8,9,10). The Kier molecular flexibility index (Phi) is 6.58. The van der Waals surface area contributed by atoms with Gasteiger partial charge in [-0.25, -0.2) is 4.18 Å². The van der Waals surface area contributed by atoms with Crippen molar-refractivity contribution in [1.29, 1.82) is 0 Å². The van der Waals surface area contributed by atoms with Gasteiger partial charge in [0.15, 0.2) is 0 Å². The Hall–Kier alpha value is 0.0200. The van der Waals surface area contributed by atoms with E-state index in [1.807, 2.05) is 0 Å². The van der Waals surface area contributed by atoms with Gasteiger partial charge in [-0.05, 0) is 13.8 Å². The second-order valence-electron chi connectivity index (χ2n) is 2.42. The van der Waals surface area contributed by atoms with Crippen LogP contribution in [0.4, 0.5) is 0 Å². The fraction of sp³-hybridized carbons (Fsp3) is 1.00. The quantitative estimate of drug-likeness (QED) is 0.516. The molecule has 0 aromatic carbocycles. The Labute approximate surface area is 89.2 Å². The molecule has 92 valence electrons. The van der Waals surface area contributed by atoms with E-state index in [4.69, 9.17) is 13.6 Å². The van der Waals surface area contributed by atoms with E-state index in [1.54, 1.807) is 13.8 Å². The van der Waals surface area contributed by atoms with Crippen molar-refractivity contribution in [3.05, 3.63) is 0 Å². The third kappa shape index (κ3) is 7.89. The Morgan fingerprint density at radius 2 is 1.67 bits per heavy atom. The van der Waals surface area contributed by atoms with Crippen LogP contribution in [0.5, 0.6) is 0 Å². The van der Waals surface area contributed by atoms with Crippen molar-refractivity contribution in [3.63, 3.8) is 0 Å². The topological polar surface area (TPSA) is 99.1 Å². The molecule has 0 unspecified atom stereocenters. The maximum Gasteiger partial charge on any atom is 0.397 e. The van der Waals surface area contributed by atoms with Gasteiger partial charge < -0.3 is 9.05 Å². The summed E-state index contributed by atoms with van der Waals surface area (Å²) in [6, 6.07) is 0. The molecule has 0 aliphatic rings. The van der Waals surface area contributed by atoms with Gasteiger partial charge in [0.05, 0.1) is 26.0 Å². The first kappa shape index (κ1) is 15.0. The Bertz CT molecular complexity index is 301. The molecule has 0 atom stereocenters. The van der Waals surface area contributed by atoms with E-state index in [1.165, 1.54) is 0 Å². The first-order chi connectivity index (χ1) is 6.83. The summed E-state index contributed by atoms with van der Waals surface area (Å²) in [6.07, 6.45) is -0.228. The van der Waals surface area contributed by atoms with Crippen LogP contribution in [0.25, 0.3) is 0 Å². The molecule has 9 heteroatoms. The first-order valence-electron chi connectivity index (χ1n) is 4.33. The normalized spacial score (nSPS) is 13.0. The van der Waals surface area contributed by atoms with Crippen LogP contribution in [-0.4, -0.2) is 39.0 Å². The van der Waals surface area contributed by atoms with Gasteiger partial charge in [-0.3, -0.25) is 9.12 Å². The molecular weight excluding hydrogens is 247 g/mol. The molecule has 7 nitrogen and oxygen atoms in total. The summed E-state index contributed by atoms with van der Waals surface area (Å²) in [5.41, 5.74) is 0. The molecule has 0 aromatic heterocycles. The van der Waals surface area contributed by atoms with Gasteiger partial charge in [0.1, 0.15) is 0 Å². The van der Waals surface area contributed by atoms with E-state index < -0.39 is 24.6 Å². The molecule has 0 amide bonds. The number of hydrogen-bond acceptors (Lipinski definition) is 6. The van der Waals surface area contributed by atoms with E-state index in [9.17, 15) is 13.0 Å². The van der Waals surface area contributed by atoms with Crippen molar-refractivity contribution in [2.24, 2.45) is 0 Å². The largest absolute Gasteiger partial charge is 0.397 e. The molecule has 0 aromatic rings. The summed E-state index contributed by atoms with van der Waals surface area (Å²) in [5.74, 6) is 0.